The molecule has 0 spiro atoms. The second kappa shape index (κ2) is 32.3. The molecule has 542 valence electrons. The monoisotopic (exact) mass is 1400 g/mol. The zero-order chi connectivity index (χ0) is 71.9. The molecule has 3 aliphatic heterocycles. The molecular formula is C80H93F3N6O13. The van der Waals surface area contributed by atoms with Gasteiger partial charge in [-0.3, -0.25) is 28.8 Å². The van der Waals surface area contributed by atoms with Crippen LogP contribution in [0.4, 0.5) is 13.2 Å². The Bertz CT molecular complexity index is 4420. The van der Waals surface area contributed by atoms with Crippen molar-refractivity contribution in [3.05, 3.63) is 144 Å². The topological polar surface area (TPSA) is 267 Å². The van der Waals surface area contributed by atoms with Gasteiger partial charge in [-0.05, 0) is 172 Å². The number of nitrogens with zero attached hydrogens (tertiary/aromatic N) is 2. The highest BCUT2D eigenvalue weighted by molar-refractivity contribution is 5.99. The first-order valence-electron chi connectivity index (χ1n) is 36.3. The van der Waals surface area contributed by atoms with E-state index in [1.807, 2.05) is 90.6 Å². The molecule has 6 N–H and O–H groups in total. The molecule has 2 amide bonds. The SMILES string of the molecule is CC(CC(=O)N1CCCC2C(C(=O)O)CCCC21)c1c[nH]c2cccc(-c3ccc(F)o3)c12.CC(CC(=O)O)c1c[nH]c2cccc(-c3ccc(F)o3)c12.COC(=O)C1CCCC2C1CCCN2C(=O)CC(C)c1c[nH]c2cccc(-c3ccc(F)o3)c12.COC(=O)C1CCCC2NCCCC21. The van der Waals surface area contributed by atoms with E-state index >= 15 is 0 Å². The molecule has 3 saturated carbocycles. The fourth-order valence-electron chi connectivity index (χ4n) is 17.9. The molecule has 15 rings (SSSR count). The van der Waals surface area contributed by atoms with E-state index in [2.05, 4.69) is 27.2 Å². The Labute approximate surface area is 590 Å². The van der Waals surface area contributed by atoms with Crippen molar-refractivity contribution in [2.24, 2.45) is 35.5 Å². The van der Waals surface area contributed by atoms with Crippen LogP contribution in [0.5, 0.6) is 0 Å². The molecule has 3 aromatic carbocycles. The number of piperidine rings is 3. The van der Waals surface area contributed by atoms with Gasteiger partial charge in [0.05, 0.1) is 38.4 Å². The first-order chi connectivity index (χ1) is 49.3. The fourth-order valence-corrected chi connectivity index (χ4v) is 17.9. The number of carboxylic acids is 2. The number of methoxy groups -OCH3 is 2. The number of amides is 2. The molecule has 3 aliphatic carbocycles. The fraction of sp³-hybridized carbons (Fsp3) is 0.475. The molecule has 6 aliphatic rings. The Balaban J connectivity index is 0.000000135. The molecule has 19 nitrogen and oxygen atoms in total. The van der Waals surface area contributed by atoms with Crippen LogP contribution in [0, 0.1) is 53.5 Å². The van der Waals surface area contributed by atoms with Crippen LogP contribution in [0.25, 0.3) is 66.7 Å². The van der Waals surface area contributed by atoms with Crippen LogP contribution in [0.1, 0.15) is 171 Å². The maximum Gasteiger partial charge on any atom is 0.309 e. The number of rotatable bonds is 15. The number of hydrogen-bond donors (Lipinski definition) is 6. The van der Waals surface area contributed by atoms with E-state index in [1.165, 1.54) is 51.7 Å². The summed E-state index contributed by atoms with van der Waals surface area (Å²) < 4.78 is 65.7. The van der Waals surface area contributed by atoms with Crippen LogP contribution in [-0.2, 0) is 38.2 Å². The Morgan fingerprint density at radius 2 is 0.853 bits per heavy atom. The van der Waals surface area contributed by atoms with Gasteiger partial charge in [-0.1, -0.05) is 76.4 Å². The van der Waals surface area contributed by atoms with E-state index < -0.39 is 30.0 Å². The first kappa shape index (κ1) is 72.5. The summed E-state index contributed by atoms with van der Waals surface area (Å²) in [6.07, 6.45) is 21.0. The number of carboxylic acid groups (broad SMARTS) is 2. The van der Waals surface area contributed by atoms with Crippen LogP contribution in [0.15, 0.2) is 123 Å². The predicted molar refractivity (Wildman–Crippen MR) is 379 cm³/mol. The molecule has 9 aromatic rings. The van der Waals surface area contributed by atoms with E-state index in [-0.39, 0.29) is 89.6 Å². The van der Waals surface area contributed by atoms with E-state index in [9.17, 15) is 47.0 Å². The average molecular weight is 1400 g/mol. The summed E-state index contributed by atoms with van der Waals surface area (Å²) in [5.74, 6) is 0.0688. The minimum Gasteiger partial charge on any atom is -0.481 e. The highest BCUT2D eigenvalue weighted by Crippen LogP contribution is 2.45. The zero-order valence-electron chi connectivity index (χ0n) is 58.6. The Kier molecular flexibility index (Phi) is 23.0. The molecular weight excluding hydrogens is 1310 g/mol. The number of nitrogens with one attached hydrogen (secondary N) is 4. The average Bonchev–Trinajstić information content (AvgIpc) is 1.48. The van der Waals surface area contributed by atoms with Crippen molar-refractivity contribution >= 4 is 68.4 Å². The zero-order valence-corrected chi connectivity index (χ0v) is 58.6. The minimum absolute atomic E-state index is 0.00315. The lowest BCUT2D eigenvalue weighted by Crippen LogP contribution is -2.53. The number of likely N-dealkylation sites (tertiary alicyclic amines) is 2. The van der Waals surface area contributed by atoms with Gasteiger partial charge in [0.15, 0.2) is 0 Å². The number of carbonyl (C=O) groups excluding carboxylic acids is 4. The van der Waals surface area contributed by atoms with Crippen LogP contribution >= 0.6 is 0 Å². The van der Waals surface area contributed by atoms with Crippen molar-refractivity contribution in [2.75, 3.05) is 33.9 Å². The summed E-state index contributed by atoms with van der Waals surface area (Å²) in [5, 5.41) is 24.9. The van der Waals surface area contributed by atoms with Gasteiger partial charge in [-0.2, -0.15) is 13.2 Å². The number of H-pyrrole nitrogens is 3. The van der Waals surface area contributed by atoms with E-state index in [0.717, 1.165) is 150 Å². The number of fused-ring (bicyclic) bond motifs is 6. The van der Waals surface area contributed by atoms with Crippen LogP contribution in [0.2, 0.25) is 0 Å². The standard InChI is InChI=1S/C27H31FN2O4.C26H29FN2O4.C16H14FNO3.C11H19NO2/c1-16(20-15-29-21-9-3-7-19(26(20)21)23-11-12-24(28)34-23)14-25(31)30-13-5-8-17-18(27(32)33-2)6-4-10-22(17)30;1-15(13-24(30)29-12-4-7-16-17(26(31)32)5-3-9-21(16)29)19-14-28-20-8-2-6-18(25(19)20)22-10-11-23(27)33-22;1-9(7-15(19)20)11-8-18-12-4-2-3-10(16(11)12)13-5-6-14(17)21-13;1-14-11(13)9-4-2-6-10-8(9)5-3-7-12-10/h3,7,9,11-12,15-18,22,29H,4-6,8,10,13-14H2,1-2H3;2,6,8,10-11,14-17,21,28H,3-5,7,9,12-13H2,1H3,(H,31,32);2-6,8-9,18H,7H2,1H3,(H,19,20);8-10,12H,2-7H2,1H3. The smallest absolute Gasteiger partial charge is 0.309 e. The predicted octanol–water partition coefficient (Wildman–Crippen LogP) is 16.7. The number of hydrogen-bond acceptors (Lipinski definition) is 12. The Morgan fingerprint density at radius 1 is 0.471 bits per heavy atom. The van der Waals surface area contributed by atoms with Gasteiger partial charge >= 0.3 is 23.9 Å². The van der Waals surface area contributed by atoms with Crippen molar-refractivity contribution in [2.45, 2.75) is 172 Å². The molecule has 12 atom stereocenters. The number of halogens is 3. The maximum atomic E-state index is 13.6. The molecule has 9 heterocycles. The Morgan fingerprint density at radius 3 is 1.25 bits per heavy atom. The summed E-state index contributed by atoms with van der Waals surface area (Å²) in [4.78, 5) is 87.2. The number of esters is 2. The number of ether oxygens (including phenoxy) is 2. The second-order valence-electron chi connectivity index (χ2n) is 28.7. The summed E-state index contributed by atoms with van der Waals surface area (Å²) in [6, 6.07) is 24.6. The quantitative estimate of drug-likeness (QED) is 0.0522. The highest BCUT2D eigenvalue weighted by atomic mass is 19.1. The third kappa shape index (κ3) is 15.7. The lowest BCUT2D eigenvalue weighted by Gasteiger charge is -2.47. The Hall–Kier alpha value is -9.31. The van der Waals surface area contributed by atoms with Crippen molar-refractivity contribution in [3.63, 3.8) is 0 Å². The number of aromatic amines is 3. The second-order valence-corrected chi connectivity index (χ2v) is 28.7. The van der Waals surface area contributed by atoms with Crippen molar-refractivity contribution in [1.82, 2.24) is 30.1 Å². The third-order valence-corrected chi connectivity index (χ3v) is 22.6. The number of carbonyl (C=O) groups is 6. The largest absolute Gasteiger partial charge is 0.481 e. The van der Waals surface area contributed by atoms with Gasteiger partial charge in [-0.25, -0.2) is 0 Å². The van der Waals surface area contributed by atoms with Crippen molar-refractivity contribution in [1.29, 1.82) is 0 Å². The first-order valence-corrected chi connectivity index (χ1v) is 36.3. The lowest BCUT2D eigenvalue weighted by molar-refractivity contribution is -0.154. The summed E-state index contributed by atoms with van der Waals surface area (Å²) in [6.45, 7) is 8.50. The van der Waals surface area contributed by atoms with E-state index in [4.69, 9.17) is 27.8 Å². The van der Waals surface area contributed by atoms with Crippen LogP contribution in [0.3, 0.4) is 0 Å². The van der Waals surface area contributed by atoms with Crippen molar-refractivity contribution in [3.8, 4) is 34.0 Å². The van der Waals surface area contributed by atoms with Crippen LogP contribution in [-0.4, -0.2) is 123 Å². The molecule has 0 radical (unpaired) electrons. The molecule has 12 unspecified atom stereocenters. The van der Waals surface area contributed by atoms with Gasteiger partial charge in [0.25, 0.3) is 18.0 Å². The summed E-state index contributed by atoms with van der Waals surface area (Å²) in [7, 11) is 2.95. The molecule has 6 aromatic heterocycles. The molecule has 0 bridgehead atoms. The van der Waals surface area contributed by atoms with Gasteiger partial charge in [0.2, 0.25) is 11.8 Å². The number of furan rings is 3. The number of aliphatic carboxylic acids is 2. The third-order valence-electron chi connectivity index (χ3n) is 22.6. The lowest BCUT2D eigenvalue weighted by atomic mass is 9.71. The number of benzene rings is 3. The molecule has 3 saturated heterocycles. The normalized spacial score (nSPS) is 23.3. The van der Waals surface area contributed by atoms with Gasteiger partial charge in [0.1, 0.15) is 17.3 Å². The van der Waals surface area contributed by atoms with Crippen molar-refractivity contribution < 1.29 is 74.9 Å². The molecule has 102 heavy (non-hydrogen) atoms. The minimum atomic E-state index is -0.849. The van der Waals surface area contributed by atoms with Gasteiger partial charge in [0, 0.05) is 130 Å². The maximum absolute atomic E-state index is 13.6. The molecule has 6 fully saturated rings. The number of aromatic nitrogens is 3. The molecule has 22 heteroatoms. The summed E-state index contributed by atoms with van der Waals surface area (Å²) in [5.41, 5.74) is 7.96. The van der Waals surface area contributed by atoms with Gasteiger partial charge in [-0.15, -0.1) is 0 Å². The van der Waals surface area contributed by atoms with Crippen LogP contribution < -0.4 is 5.32 Å². The highest BCUT2D eigenvalue weighted by Gasteiger charge is 2.46. The van der Waals surface area contributed by atoms with Gasteiger partial charge < -0.3 is 63.0 Å². The summed E-state index contributed by atoms with van der Waals surface area (Å²) >= 11 is 0. The van der Waals surface area contributed by atoms with E-state index in [0.29, 0.717) is 55.0 Å². The van der Waals surface area contributed by atoms with E-state index in [1.54, 1.807) is 24.4 Å².